The molecule has 1 aliphatic carbocycles. The van der Waals surface area contributed by atoms with Crippen LogP contribution in [0, 0.1) is 18.3 Å². The van der Waals surface area contributed by atoms with Crippen LogP contribution < -0.4 is 11.1 Å². The number of nitrogens with zero attached hydrogens (tertiary/aromatic N) is 2. The molecule has 5 nitrogen and oxygen atoms in total. The number of nitrogens with one attached hydrogen (secondary N) is 1. The highest BCUT2D eigenvalue weighted by Crippen LogP contribution is 2.32. The first-order chi connectivity index (χ1) is 14.0. The number of carbonyl (C=O) groups is 1. The molecule has 0 radical (unpaired) electrons. The van der Waals surface area contributed by atoms with Crippen LogP contribution >= 0.6 is 0 Å². The van der Waals surface area contributed by atoms with E-state index in [1.807, 2.05) is 49.4 Å². The third kappa shape index (κ3) is 3.83. The van der Waals surface area contributed by atoms with Crippen molar-refractivity contribution in [1.82, 2.24) is 4.98 Å². The zero-order chi connectivity index (χ0) is 20.4. The molecule has 4 rings (SSSR count). The van der Waals surface area contributed by atoms with Gasteiger partial charge >= 0.3 is 0 Å². The number of amides is 1. The van der Waals surface area contributed by atoms with Gasteiger partial charge in [0.2, 0.25) is 0 Å². The van der Waals surface area contributed by atoms with Crippen molar-refractivity contribution >= 4 is 34.3 Å². The van der Waals surface area contributed by atoms with Gasteiger partial charge in [-0.2, -0.15) is 5.26 Å². The number of aromatic nitrogens is 1. The Balaban J connectivity index is 1.63. The quantitative estimate of drug-likeness (QED) is 0.513. The standard InChI is InChI=1S/C24H22N4O/c1-15-6-8-16(9-7-15)12-17(14-25)24(29)27-18-10-11-22-20(13-18)23(26)19-4-2-3-5-21(19)28-22/h6-13H,2-5H2,1H3,(H2,26,28)(H,27,29)/b17-12+. The maximum absolute atomic E-state index is 12.6. The lowest BCUT2D eigenvalue weighted by Gasteiger charge is -2.19. The number of nitrogens with two attached hydrogens (primary N) is 1. The van der Waals surface area contributed by atoms with Gasteiger partial charge in [0.15, 0.2) is 0 Å². The van der Waals surface area contributed by atoms with E-state index in [-0.39, 0.29) is 5.57 Å². The molecule has 0 saturated heterocycles. The SMILES string of the molecule is Cc1ccc(/C=C(\C#N)C(=O)Nc2ccc3nc4c(c(N)c3c2)CCCC4)cc1. The number of aryl methyl sites for hydroxylation is 2. The summed E-state index contributed by atoms with van der Waals surface area (Å²) in [5, 5.41) is 13.1. The largest absolute Gasteiger partial charge is 0.398 e. The molecule has 1 aromatic heterocycles. The maximum Gasteiger partial charge on any atom is 0.266 e. The second-order valence-electron chi connectivity index (χ2n) is 7.42. The number of pyridine rings is 1. The number of benzene rings is 2. The summed E-state index contributed by atoms with van der Waals surface area (Å²) >= 11 is 0. The van der Waals surface area contributed by atoms with E-state index in [1.165, 1.54) is 0 Å². The number of fused-ring (bicyclic) bond motifs is 2. The molecule has 1 heterocycles. The second-order valence-corrected chi connectivity index (χ2v) is 7.42. The van der Waals surface area contributed by atoms with Gasteiger partial charge in [-0.1, -0.05) is 29.8 Å². The van der Waals surface area contributed by atoms with Crippen molar-refractivity contribution in [2.75, 3.05) is 11.1 Å². The van der Waals surface area contributed by atoms with Crippen LogP contribution in [0.2, 0.25) is 0 Å². The summed E-state index contributed by atoms with van der Waals surface area (Å²) in [5.41, 5.74) is 12.8. The highest BCUT2D eigenvalue weighted by molar-refractivity contribution is 6.10. The summed E-state index contributed by atoms with van der Waals surface area (Å²) in [6.45, 7) is 1.99. The molecule has 0 saturated carbocycles. The molecular weight excluding hydrogens is 360 g/mol. The van der Waals surface area contributed by atoms with E-state index in [0.29, 0.717) is 5.69 Å². The first-order valence-corrected chi connectivity index (χ1v) is 9.76. The van der Waals surface area contributed by atoms with Crippen LogP contribution in [-0.4, -0.2) is 10.9 Å². The average molecular weight is 382 g/mol. The van der Waals surface area contributed by atoms with Crippen molar-refractivity contribution in [1.29, 1.82) is 5.26 Å². The lowest BCUT2D eigenvalue weighted by molar-refractivity contribution is -0.112. The molecule has 3 N–H and O–H groups in total. The predicted octanol–water partition coefficient (Wildman–Crippen LogP) is 4.55. The van der Waals surface area contributed by atoms with E-state index >= 15 is 0 Å². The molecule has 0 atom stereocenters. The Bertz CT molecular complexity index is 1170. The fourth-order valence-electron chi connectivity index (χ4n) is 3.71. The van der Waals surface area contributed by atoms with Crippen LogP contribution in [0.5, 0.6) is 0 Å². The van der Waals surface area contributed by atoms with Crippen LogP contribution in [-0.2, 0) is 17.6 Å². The van der Waals surface area contributed by atoms with E-state index in [2.05, 4.69) is 5.32 Å². The van der Waals surface area contributed by atoms with Gasteiger partial charge in [0.05, 0.1) is 5.52 Å². The maximum atomic E-state index is 12.6. The fourth-order valence-corrected chi connectivity index (χ4v) is 3.71. The van der Waals surface area contributed by atoms with Gasteiger partial charge in [-0.3, -0.25) is 9.78 Å². The summed E-state index contributed by atoms with van der Waals surface area (Å²) in [6.07, 6.45) is 5.75. The Morgan fingerprint density at radius 3 is 2.69 bits per heavy atom. The van der Waals surface area contributed by atoms with Crippen LogP contribution in [0.3, 0.4) is 0 Å². The minimum Gasteiger partial charge on any atom is -0.398 e. The summed E-state index contributed by atoms with van der Waals surface area (Å²) in [5.74, 6) is -0.447. The Morgan fingerprint density at radius 2 is 1.93 bits per heavy atom. The highest BCUT2D eigenvalue weighted by Gasteiger charge is 2.17. The molecule has 1 aliphatic rings. The minimum atomic E-state index is -0.447. The Kier molecular flexibility index (Phi) is 5.01. The van der Waals surface area contributed by atoms with Crippen molar-refractivity contribution in [3.8, 4) is 6.07 Å². The van der Waals surface area contributed by atoms with Crippen molar-refractivity contribution < 1.29 is 4.79 Å². The first kappa shape index (κ1) is 18.7. The number of rotatable bonds is 3. The molecular formula is C24H22N4O. The van der Waals surface area contributed by atoms with Gasteiger partial charge in [-0.05, 0) is 68.0 Å². The van der Waals surface area contributed by atoms with E-state index in [9.17, 15) is 10.1 Å². The van der Waals surface area contributed by atoms with Crippen LogP contribution in [0.25, 0.3) is 17.0 Å². The van der Waals surface area contributed by atoms with Crippen LogP contribution in [0.4, 0.5) is 11.4 Å². The number of carbonyl (C=O) groups excluding carboxylic acids is 1. The summed E-state index contributed by atoms with van der Waals surface area (Å²) < 4.78 is 0. The normalized spacial score (nSPS) is 13.6. The summed E-state index contributed by atoms with van der Waals surface area (Å²) in [6, 6.07) is 15.1. The lowest BCUT2D eigenvalue weighted by atomic mass is 9.93. The minimum absolute atomic E-state index is 0.0467. The second kappa shape index (κ2) is 7.76. The number of hydrogen-bond acceptors (Lipinski definition) is 4. The van der Waals surface area contributed by atoms with Crippen molar-refractivity contribution in [3.63, 3.8) is 0 Å². The Labute approximate surface area is 169 Å². The van der Waals surface area contributed by atoms with Crippen molar-refractivity contribution in [2.45, 2.75) is 32.6 Å². The van der Waals surface area contributed by atoms with Crippen molar-refractivity contribution in [2.24, 2.45) is 0 Å². The van der Waals surface area contributed by atoms with Gasteiger partial charge in [0.1, 0.15) is 11.6 Å². The smallest absolute Gasteiger partial charge is 0.266 e. The van der Waals surface area contributed by atoms with E-state index in [1.54, 1.807) is 12.1 Å². The summed E-state index contributed by atoms with van der Waals surface area (Å²) in [7, 11) is 0. The third-order valence-corrected chi connectivity index (χ3v) is 5.32. The number of nitriles is 1. The van der Waals surface area contributed by atoms with Gasteiger partial charge in [0, 0.05) is 22.5 Å². The van der Waals surface area contributed by atoms with E-state index in [4.69, 9.17) is 10.7 Å². The molecule has 0 fully saturated rings. The van der Waals surface area contributed by atoms with Crippen molar-refractivity contribution in [3.05, 3.63) is 70.4 Å². The van der Waals surface area contributed by atoms with Crippen LogP contribution in [0.15, 0.2) is 48.0 Å². The van der Waals surface area contributed by atoms with Gasteiger partial charge < -0.3 is 11.1 Å². The Hall–Kier alpha value is -3.65. The number of anilines is 2. The molecule has 2 aromatic carbocycles. The molecule has 0 bridgehead atoms. The van der Waals surface area contributed by atoms with E-state index in [0.717, 1.165) is 64.7 Å². The number of hydrogen-bond donors (Lipinski definition) is 2. The molecule has 144 valence electrons. The molecule has 5 heteroatoms. The van der Waals surface area contributed by atoms with E-state index < -0.39 is 5.91 Å². The fraction of sp³-hybridized carbons (Fsp3) is 0.208. The molecule has 0 unspecified atom stereocenters. The zero-order valence-electron chi connectivity index (χ0n) is 16.3. The molecule has 29 heavy (non-hydrogen) atoms. The Morgan fingerprint density at radius 1 is 1.17 bits per heavy atom. The molecule has 1 amide bonds. The first-order valence-electron chi connectivity index (χ1n) is 9.76. The van der Waals surface area contributed by atoms with Gasteiger partial charge in [-0.25, -0.2) is 0 Å². The molecule has 0 aliphatic heterocycles. The summed E-state index contributed by atoms with van der Waals surface area (Å²) in [4.78, 5) is 17.4. The predicted molar refractivity (Wildman–Crippen MR) is 116 cm³/mol. The van der Waals surface area contributed by atoms with Crippen LogP contribution in [0.1, 0.15) is 35.2 Å². The average Bonchev–Trinajstić information content (AvgIpc) is 2.74. The number of nitrogen functional groups attached to an aromatic ring is 1. The van der Waals surface area contributed by atoms with Gasteiger partial charge in [0.25, 0.3) is 5.91 Å². The zero-order valence-corrected chi connectivity index (χ0v) is 16.3. The molecule has 3 aromatic rings. The topological polar surface area (TPSA) is 91.8 Å². The highest BCUT2D eigenvalue weighted by atomic mass is 16.1. The monoisotopic (exact) mass is 382 g/mol. The lowest BCUT2D eigenvalue weighted by Crippen LogP contribution is -2.14. The third-order valence-electron chi connectivity index (χ3n) is 5.32. The molecule has 0 spiro atoms. The van der Waals surface area contributed by atoms with Gasteiger partial charge in [-0.15, -0.1) is 0 Å².